The molecule has 0 saturated carbocycles. The average Bonchev–Trinajstić information content (AvgIpc) is 2.59. The molecule has 2 N–H and O–H groups in total. The fourth-order valence-electron chi connectivity index (χ4n) is 2.82. The number of amides is 1. The molecule has 1 fully saturated rings. The first-order chi connectivity index (χ1) is 11.1. The molecule has 1 heterocycles. The first-order valence-corrected chi connectivity index (χ1v) is 8.03. The van der Waals surface area contributed by atoms with Gasteiger partial charge in [-0.25, -0.2) is 0 Å². The van der Waals surface area contributed by atoms with Gasteiger partial charge in [0.1, 0.15) is 17.4 Å². The van der Waals surface area contributed by atoms with Crippen LogP contribution in [0, 0.1) is 17.2 Å². The smallest absolute Gasteiger partial charge is 0.261 e. The summed E-state index contributed by atoms with van der Waals surface area (Å²) in [7, 11) is 0. The molecule has 1 aromatic rings. The van der Waals surface area contributed by atoms with Crippen LogP contribution in [0.15, 0.2) is 29.8 Å². The van der Waals surface area contributed by atoms with Gasteiger partial charge in [-0.15, -0.1) is 0 Å². The van der Waals surface area contributed by atoms with Gasteiger partial charge in [0.25, 0.3) is 5.91 Å². The van der Waals surface area contributed by atoms with Crippen molar-refractivity contribution in [1.29, 1.82) is 5.26 Å². The third-order valence-corrected chi connectivity index (χ3v) is 4.17. The van der Waals surface area contributed by atoms with E-state index >= 15 is 0 Å². The van der Waals surface area contributed by atoms with Gasteiger partial charge in [0, 0.05) is 13.1 Å². The number of phenols is 1. The van der Waals surface area contributed by atoms with Crippen LogP contribution in [0.3, 0.4) is 0 Å². The molecule has 1 aliphatic rings. The summed E-state index contributed by atoms with van der Waals surface area (Å²) in [6.45, 7) is 5.92. The molecule has 1 aromatic carbocycles. The van der Waals surface area contributed by atoms with E-state index in [1.54, 1.807) is 12.1 Å². The number of benzene rings is 1. The van der Waals surface area contributed by atoms with Crippen LogP contribution >= 0.6 is 0 Å². The maximum atomic E-state index is 12.2. The molecule has 5 nitrogen and oxygen atoms in total. The SMILES string of the molecule is CCN1CCCC(CNC(=O)/C(C#N)=C/c2ccc(O)cc2)C1. The highest BCUT2D eigenvalue weighted by Crippen LogP contribution is 2.16. The minimum absolute atomic E-state index is 0.0823. The van der Waals surface area contributed by atoms with Gasteiger partial charge < -0.3 is 15.3 Å². The Labute approximate surface area is 137 Å². The lowest BCUT2D eigenvalue weighted by Crippen LogP contribution is -2.40. The van der Waals surface area contributed by atoms with Crippen molar-refractivity contribution in [2.45, 2.75) is 19.8 Å². The molecule has 0 aliphatic carbocycles. The Bertz CT molecular complexity index is 602. The Morgan fingerprint density at radius 1 is 1.48 bits per heavy atom. The molecular formula is C18H23N3O2. The van der Waals surface area contributed by atoms with Crippen LogP contribution in [0.5, 0.6) is 5.75 Å². The summed E-state index contributed by atoms with van der Waals surface area (Å²) >= 11 is 0. The molecule has 0 spiro atoms. The van der Waals surface area contributed by atoms with E-state index in [2.05, 4.69) is 17.1 Å². The van der Waals surface area contributed by atoms with Crippen molar-refractivity contribution in [2.75, 3.05) is 26.2 Å². The minimum Gasteiger partial charge on any atom is -0.508 e. The van der Waals surface area contributed by atoms with Gasteiger partial charge >= 0.3 is 0 Å². The van der Waals surface area contributed by atoms with Crippen molar-refractivity contribution in [3.63, 3.8) is 0 Å². The standard InChI is InChI=1S/C18H23N3O2/c1-2-21-9-3-4-15(13-21)12-20-18(23)16(11-19)10-14-5-7-17(22)8-6-14/h5-8,10,15,22H,2-4,9,12-13H2,1H3,(H,20,23)/b16-10+. The number of hydrogen-bond acceptors (Lipinski definition) is 4. The first kappa shape index (κ1) is 17.0. The number of carbonyl (C=O) groups is 1. The predicted octanol–water partition coefficient (Wildman–Crippen LogP) is 2.15. The zero-order valence-electron chi connectivity index (χ0n) is 13.5. The highest BCUT2D eigenvalue weighted by atomic mass is 16.3. The fraction of sp³-hybridized carbons (Fsp3) is 0.444. The molecule has 1 aliphatic heterocycles. The van der Waals surface area contributed by atoms with Gasteiger partial charge in [-0.1, -0.05) is 19.1 Å². The van der Waals surface area contributed by atoms with Gasteiger partial charge in [-0.2, -0.15) is 5.26 Å². The van der Waals surface area contributed by atoms with Gasteiger partial charge in [0.15, 0.2) is 0 Å². The molecule has 0 radical (unpaired) electrons. The molecular weight excluding hydrogens is 290 g/mol. The second-order valence-electron chi connectivity index (χ2n) is 5.87. The Morgan fingerprint density at radius 3 is 2.87 bits per heavy atom. The number of hydrogen-bond donors (Lipinski definition) is 2. The molecule has 0 aromatic heterocycles. The number of phenolic OH excluding ortho intramolecular Hbond substituents is 1. The second kappa shape index (κ2) is 8.35. The van der Waals surface area contributed by atoms with Crippen LogP contribution in [0.2, 0.25) is 0 Å². The van der Waals surface area contributed by atoms with E-state index in [0.717, 1.165) is 32.5 Å². The van der Waals surface area contributed by atoms with Crippen LogP contribution < -0.4 is 5.32 Å². The molecule has 122 valence electrons. The number of aromatic hydroxyl groups is 1. The van der Waals surface area contributed by atoms with Gasteiger partial charge in [0.05, 0.1) is 0 Å². The molecule has 1 amide bonds. The largest absolute Gasteiger partial charge is 0.508 e. The summed E-state index contributed by atoms with van der Waals surface area (Å²) in [5.74, 6) is 0.262. The molecule has 0 bridgehead atoms. The van der Waals surface area contributed by atoms with Crippen molar-refractivity contribution in [1.82, 2.24) is 10.2 Å². The Balaban J connectivity index is 1.92. The molecule has 1 atom stereocenters. The van der Waals surface area contributed by atoms with Crippen LogP contribution in [-0.4, -0.2) is 42.1 Å². The summed E-state index contributed by atoms with van der Waals surface area (Å²) in [4.78, 5) is 14.6. The minimum atomic E-state index is -0.339. The zero-order chi connectivity index (χ0) is 16.7. The number of piperidine rings is 1. The molecule has 1 saturated heterocycles. The number of nitrogens with zero attached hydrogens (tertiary/aromatic N) is 2. The maximum absolute atomic E-state index is 12.2. The fourth-order valence-corrected chi connectivity index (χ4v) is 2.82. The van der Waals surface area contributed by atoms with Crippen LogP contribution in [0.4, 0.5) is 0 Å². The predicted molar refractivity (Wildman–Crippen MR) is 89.5 cm³/mol. The van der Waals surface area contributed by atoms with Crippen molar-refractivity contribution in [3.8, 4) is 11.8 Å². The van der Waals surface area contributed by atoms with E-state index in [1.807, 2.05) is 6.07 Å². The van der Waals surface area contributed by atoms with E-state index in [4.69, 9.17) is 0 Å². The van der Waals surface area contributed by atoms with Crippen LogP contribution in [0.25, 0.3) is 6.08 Å². The third-order valence-electron chi connectivity index (χ3n) is 4.17. The monoisotopic (exact) mass is 313 g/mol. The quantitative estimate of drug-likeness (QED) is 0.645. The highest BCUT2D eigenvalue weighted by Gasteiger charge is 2.19. The Morgan fingerprint density at radius 2 is 2.22 bits per heavy atom. The lowest BCUT2D eigenvalue weighted by Gasteiger charge is -2.31. The first-order valence-electron chi connectivity index (χ1n) is 8.03. The average molecular weight is 313 g/mol. The van der Waals surface area contributed by atoms with E-state index in [0.29, 0.717) is 18.0 Å². The number of nitriles is 1. The second-order valence-corrected chi connectivity index (χ2v) is 5.87. The Kier molecular flexibility index (Phi) is 6.19. The molecule has 23 heavy (non-hydrogen) atoms. The summed E-state index contributed by atoms with van der Waals surface area (Å²) in [6.07, 6.45) is 3.80. The van der Waals surface area contributed by atoms with Gasteiger partial charge in [-0.05, 0) is 55.6 Å². The summed E-state index contributed by atoms with van der Waals surface area (Å²) in [5, 5.41) is 21.3. The number of likely N-dealkylation sites (tertiary alicyclic amines) is 1. The summed E-state index contributed by atoms with van der Waals surface area (Å²) < 4.78 is 0. The van der Waals surface area contributed by atoms with Crippen molar-refractivity contribution in [2.24, 2.45) is 5.92 Å². The topological polar surface area (TPSA) is 76.4 Å². The Hall–Kier alpha value is -2.32. The van der Waals surface area contributed by atoms with Crippen LogP contribution in [0.1, 0.15) is 25.3 Å². The van der Waals surface area contributed by atoms with Crippen molar-refractivity contribution < 1.29 is 9.90 Å². The number of rotatable bonds is 5. The molecule has 5 heteroatoms. The van der Waals surface area contributed by atoms with E-state index in [1.165, 1.54) is 18.2 Å². The van der Waals surface area contributed by atoms with Crippen LogP contribution in [-0.2, 0) is 4.79 Å². The highest BCUT2D eigenvalue weighted by molar-refractivity contribution is 6.01. The molecule has 1 unspecified atom stereocenters. The number of carbonyl (C=O) groups excluding carboxylic acids is 1. The van der Waals surface area contributed by atoms with Gasteiger partial charge in [0.2, 0.25) is 0 Å². The van der Waals surface area contributed by atoms with Crippen molar-refractivity contribution in [3.05, 3.63) is 35.4 Å². The lowest BCUT2D eigenvalue weighted by molar-refractivity contribution is -0.117. The van der Waals surface area contributed by atoms with E-state index in [9.17, 15) is 15.2 Å². The maximum Gasteiger partial charge on any atom is 0.261 e. The third kappa shape index (κ3) is 5.11. The zero-order valence-corrected chi connectivity index (χ0v) is 13.5. The van der Waals surface area contributed by atoms with E-state index in [-0.39, 0.29) is 17.2 Å². The number of nitrogens with one attached hydrogen (secondary N) is 1. The summed E-state index contributed by atoms with van der Waals surface area (Å²) in [5.41, 5.74) is 0.795. The van der Waals surface area contributed by atoms with Crippen molar-refractivity contribution >= 4 is 12.0 Å². The summed E-state index contributed by atoms with van der Waals surface area (Å²) in [6, 6.07) is 8.34. The van der Waals surface area contributed by atoms with Gasteiger partial charge in [-0.3, -0.25) is 4.79 Å². The normalized spacial score (nSPS) is 19.1. The van der Waals surface area contributed by atoms with E-state index < -0.39 is 0 Å². The lowest BCUT2D eigenvalue weighted by atomic mass is 9.98. The molecule has 2 rings (SSSR count).